The van der Waals surface area contributed by atoms with Crippen molar-refractivity contribution in [2.24, 2.45) is 5.73 Å². The summed E-state index contributed by atoms with van der Waals surface area (Å²) in [6.07, 6.45) is 0. The Bertz CT molecular complexity index is 487. The number of aromatic nitrogens is 3. The summed E-state index contributed by atoms with van der Waals surface area (Å²) in [5, 5.41) is 12.7. The molecule has 4 N–H and O–H groups in total. The molecule has 1 aromatic rings. The Balaban J connectivity index is 2.80. The van der Waals surface area contributed by atoms with Crippen LogP contribution in [0.3, 0.4) is 0 Å². The number of carbonyl (C=O) groups is 2. The van der Waals surface area contributed by atoms with Gasteiger partial charge in [-0.25, -0.2) is 4.79 Å². The number of imide groups is 1. The van der Waals surface area contributed by atoms with E-state index in [1.165, 1.54) is 18.8 Å². The molecule has 0 spiro atoms. The van der Waals surface area contributed by atoms with Gasteiger partial charge in [0.1, 0.15) is 5.82 Å². The summed E-state index contributed by atoms with van der Waals surface area (Å²) >= 11 is 1.24. The molecule has 0 fully saturated rings. The first kappa shape index (κ1) is 16.4. The minimum absolute atomic E-state index is 0.139. The van der Waals surface area contributed by atoms with E-state index in [-0.39, 0.29) is 18.5 Å². The maximum Gasteiger partial charge on any atom is 0.321 e. The predicted molar refractivity (Wildman–Crippen MR) is 76.2 cm³/mol. The number of nitrogens with zero attached hydrogens (tertiary/aromatic N) is 3. The van der Waals surface area contributed by atoms with Gasteiger partial charge >= 0.3 is 6.03 Å². The minimum atomic E-state index is -0.532. The van der Waals surface area contributed by atoms with Crippen LogP contribution < -0.4 is 16.4 Å². The van der Waals surface area contributed by atoms with Crippen molar-refractivity contribution in [3.05, 3.63) is 5.82 Å². The third kappa shape index (κ3) is 3.94. The summed E-state index contributed by atoms with van der Waals surface area (Å²) in [4.78, 5) is 22.9. The average Bonchev–Trinajstić information content (AvgIpc) is 2.81. The number of nitrogens with two attached hydrogens (primary N) is 1. The Morgan fingerprint density at radius 1 is 1.35 bits per heavy atom. The minimum Gasteiger partial charge on any atom is -0.341 e. The summed E-state index contributed by atoms with van der Waals surface area (Å²) in [6.45, 7) is 5.96. The van der Waals surface area contributed by atoms with Gasteiger partial charge in [0.05, 0.1) is 11.8 Å². The number of hydrogen-bond acceptors (Lipinski definition) is 6. The number of rotatable bonds is 5. The summed E-state index contributed by atoms with van der Waals surface area (Å²) in [7, 11) is 1.45. The van der Waals surface area contributed by atoms with Crippen LogP contribution in [-0.2, 0) is 11.3 Å². The fraction of sp³-hybridized carbons (Fsp3) is 0.636. The van der Waals surface area contributed by atoms with Crippen molar-refractivity contribution in [1.29, 1.82) is 0 Å². The topological polar surface area (TPSA) is 115 Å². The molecule has 3 amide bonds. The molecule has 0 aromatic carbocycles. The van der Waals surface area contributed by atoms with Crippen LogP contribution in [-0.4, -0.2) is 39.0 Å². The highest BCUT2D eigenvalue weighted by Gasteiger charge is 2.21. The van der Waals surface area contributed by atoms with Crippen LogP contribution >= 0.6 is 11.8 Å². The lowest BCUT2D eigenvalue weighted by atomic mass is 10.4. The quantitative estimate of drug-likeness (QED) is 0.672. The first-order valence-corrected chi connectivity index (χ1v) is 7.11. The van der Waals surface area contributed by atoms with Gasteiger partial charge in [-0.15, -0.1) is 10.2 Å². The van der Waals surface area contributed by atoms with E-state index in [9.17, 15) is 9.59 Å². The number of carbonyl (C=O) groups excluding carboxylic acids is 2. The standard InChI is InChI=1S/C11H20N6O2S/c1-6(2)17-8(5-12)15-16-11(17)20-7(3)9(18)14-10(19)13-4/h6-7H,5,12H2,1-4H3,(H2,13,14,18,19). The van der Waals surface area contributed by atoms with E-state index >= 15 is 0 Å². The van der Waals surface area contributed by atoms with Crippen molar-refractivity contribution in [3.8, 4) is 0 Å². The second-order valence-corrected chi connectivity index (χ2v) is 5.70. The smallest absolute Gasteiger partial charge is 0.321 e. The van der Waals surface area contributed by atoms with E-state index in [0.717, 1.165) is 0 Å². The molecule has 1 unspecified atom stereocenters. The molecular weight excluding hydrogens is 280 g/mol. The van der Waals surface area contributed by atoms with E-state index in [4.69, 9.17) is 5.73 Å². The molecule has 20 heavy (non-hydrogen) atoms. The molecular formula is C11H20N6O2S. The maximum atomic E-state index is 11.8. The van der Waals surface area contributed by atoms with E-state index < -0.39 is 11.3 Å². The second kappa shape index (κ2) is 7.25. The fourth-order valence-corrected chi connectivity index (χ4v) is 2.53. The van der Waals surface area contributed by atoms with Crippen molar-refractivity contribution in [1.82, 2.24) is 25.4 Å². The van der Waals surface area contributed by atoms with Crippen LogP contribution in [0.25, 0.3) is 0 Å². The molecule has 112 valence electrons. The Kier molecular flexibility index (Phi) is 5.96. The Morgan fingerprint density at radius 2 is 2.00 bits per heavy atom. The van der Waals surface area contributed by atoms with Crippen LogP contribution in [0.2, 0.25) is 0 Å². The third-order valence-electron chi connectivity index (χ3n) is 2.55. The molecule has 1 heterocycles. The molecule has 1 aromatic heterocycles. The van der Waals surface area contributed by atoms with Crippen LogP contribution in [0.5, 0.6) is 0 Å². The fourth-order valence-electron chi connectivity index (χ4n) is 1.53. The molecule has 1 atom stereocenters. The average molecular weight is 300 g/mol. The zero-order valence-electron chi connectivity index (χ0n) is 12.0. The van der Waals surface area contributed by atoms with Gasteiger partial charge in [-0.1, -0.05) is 11.8 Å². The van der Waals surface area contributed by atoms with Gasteiger partial charge in [-0.3, -0.25) is 10.1 Å². The van der Waals surface area contributed by atoms with E-state index in [1.54, 1.807) is 6.92 Å². The van der Waals surface area contributed by atoms with Crippen molar-refractivity contribution in [2.45, 2.75) is 43.8 Å². The summed E-state index contributed by atoms with van der Waals surface area (Å²) in [5.74, 6) is 0.281. The van der Waals surface area contributed by atoms with Crippen LogP contribution in [0.4, 0.5) is 4.79 Å². The van der Waals surface area contributed by atoms with E-state index in [0.29, 0.717) is 11.0 Å². The first-order valence-electron chi connectivity index (χ1n) is 6.23. The highest BCUT2D eigenvalue weighted by atomic mass is 32.2. The van der Waals surface area contributed by atoms with Gasteiger partial charge < -0.3 is 15.6 Å². The molecule has 0 radical (unpaired) electrons. The summed E-state index contributed by atoms with van der Waals surface area (Å²) < 4.78 is 1.88. The normalized spacial score (nSPS) is 12.3. The molecule has 0 saturated heterocycles. The van der Waals surface area contributed by atoms with E-state index in [1.807, 2.05) is 18.4 Å². The van der Waals surface area contributed by atoms with Crippen LogP contribution in [0, 0.1) is 0 Å². The Morgan fingerprint density at radius 3 is 2.50 bits per heavy atom. The lowest BCUT2D eigenvalue weighted by molar-refractivity contribution is -0.119. The maximum absolute atomic E-state index is 11.8. The molecule has 0 aliphatic carbocycles. The molecule has 1 rings (SSSR count). The van der Waals surface area contributed by atoms with Crippen molar-refractivity contribution in [2.75, 3.05) is 7.05 Å². The Labute approximate surface area is 121 Å². The molecule has 0 aliphatic heterocycles. The van der Waals surface area contributed by atoms with Crippen molar-refractivity contribution in [3.63, 3.8) is 0 Å². The van der Waals surface area contributed by atoms with Gasteiger partial charge in [-0.05, 0) is 20.8 Å². The number of amides is 3. The number of thioether (sulfide) groups is 1. The molecule has 9 heteroatoms. The lowest BCUT2D eigenvalue weighted by Crippen LogP contribution is -2.41. The largest absolute Gasteiger partial charge is 0.341 e. The third-order valence-corrected chi connectivity index (χ3v) is 3.61. The zero-order chi connectivity index (χ0) is 15.3. The number of urea groups is 1. The van der Waals surface area contributed by atoms with Gasteiger partial charge in [0, 0.05) is 13.1 Å². The van der Waals surface area contributed by atoms with Crippen LogP contribution in [0.1, 0.15) is 32.6 Å². The van der Waals surface area contributed by atoms with Crippen molar-refractivity contribution < 1.29 is 9.59 Å². The highest BCUT2D eigenvalue weighted by molar-refractivity contribution is 8.00. The Hall–Kier alpha value is -1.61. The van der Waals surface area contributed by atoms with Gasteiger partial charge in [0.25, 0.3) is 0 Å². The van der Waals surface area contributed by atoms with Gasteiger partial charge in [-0.2, -0.15) is 0 Å². The van der Waals surface area contributed by atoms with Crippen molar-refractivity contribution >= 4 is 23.7 Å². The predicted octanol–water partition coefficient (Wildman–Crippen LogP) is 0.254. The molecule has 0 aliphatic rings. The van der Waals surface area contributed by atoms with Gasteiger partial charge in [0.2, 0.25) is 5.91 Å². The van der Waals surface area contributed by atoms with Crippen LogP contribution in [0.15, 0.2) is 5.16 Å². The number of hydrogen-bond donors (Lipinski definition) is 3. The first-order chi connectivity index (χ1) is 9.40. The summed E-state index contributed by atoms with van der Waals surface area (Å²) in [6, 6.07) is -0.393. The van der Waals surface area contributed by atoms with E-state index in [2.05, 4.69) is 20.8 Å². The SMILES string of the molecule is CNC(=O)NC(=O)C(C)Sc1nnc(CN)n1C(C)C. The molecule has 0 bridgehead atoms. The summed E-state index contributed by atoms with van der Waals surface area (Å²) in [5.41, 5.74) is 5.61. The zero-order valence-corrected chi connectivity index (χ0v) is 12.8. The second-order valence-electron chi connectivity index (χ2n) is 4.40. The lowest BCUT2D eigenvalue weighted by Gasteiger charge is -2.15. The molecule has 0 saturated carbocycles. The monoisotopic (exact) mass is 300 g/mol. The van der Waals surface area contributed by atoms with Gasteiger partial charge in [0.15, 0.2) is 5.16 Å². The molecule has 8 nitrogen and oxygen atoms in total. The highest BCUT2D eigenvalue weighted by Crippen LogP contribution is 2.25. The number of nitrogens with one attached hydrogen (secondary N) is 2.